The fraction of sp³-hybridized carbons (Fsp3) is 1.00. The van der Waals surface area contributed by atoms with Gasteiger partial charge < -0.3 is 9.84 Å². The molecule has 0 spiro atoms. The molecule has 0 aromatic rings. The molecule has 0 amide bonds. The van der Waals surface area contributed by atoms with Crippen LogP contribution < -0.4 is 0 Å². The quantitative estimate of drug-likeness (QED) is 0.732. The van der Waals surface area contributed by atoms with E-state index < -0.39 is 0 Å². The molecule has 0 bridgehead atoms. The molecule has 2 unspecified atom stereocenters. The van der Waals surface area contributed by atoms with Crippen LogP contribution >= 0.6 is 0 Å². The van der Waals surface area contributed by atoms with E-state index in [1.165, 1.54) is 19.3 Å². The minimum atomic E-state index is -0.224. The topological polar surface area (TPSA) is 32.7 Å². The van der Waals surface area contributed by atoms with Crippen LogP contribution in [0.5, 0.6) is 0 Å². The lowest BCUT2D eigenvalue weighted by atomic mass is 9.79. The molecule has 3 heteroatoms. The van der Waals surface area contributed by atoms with Crippen molar-refractivity contribution in [3.05, 3.63) is 0 Å². The zero-order chi connectivity index (χ0) is 9.97. The summed E-state index contributed by atoms with van der Waals surface area (Å²) in [5.74, 6) is 0.511. The van der Waals surface area contributed by atoms with E-state index in [0.29, 0.717) is 5.92 Å². The fourth-order valence-electron chi connectivity index (χ4n) is 2.31. The second kappa shape index (κ2) is 4.60. The first-order valence-corrected chi connectivity index (χ1v) is 5.83. The molecule has 2 aliphatic rings. The number of morpholine rings is 1. The first-order valence-electron chi connectivity index (χ1n) is 5.83. The lowest BCUT2D eigenvalue weighted by Gasteiger charge is -2.40. The summed E-state index contributed by atoms with van der Waals surface area (Å²) >= 11 is 0. The summed E-state index contributed by atoms with van der Waals surface area (Å²) in [6, 6.07) is 0. The number of rotatable bonds is 3. The Bertz CT molecular complexity index is 182. The van der Waals surface area contributed by atoms with Gasteiger partial charge >= 0.3 is 0 Å². The standard InChI is InChI=1S/C11H21NO2/c1-2-12-6-7-14-10(8-12)11(13)9-4-3-5-9/h9-11,13H,2-8H2,1H3. The van der Waals surface area contributed by atoms with Crippen LogP contribution in [0, 0.1) is 5.92 Å². The third-order valence-corrected chi connectivity index (χ3v) is 3.64. The minimum Gasteiger partial charge on any atom is -0.390 e. The Hall–Kier alpha value is -0.120. The number of ether oxygens (including phenoxy) is 1. The van der Waals surface area contributed by atoms with Gasteiger partial charge in [-0.25, -0.2) is 0 Å². The smallest absolute Gasteiger partial charge is 0.0963 e. The van der Waals surface area contributed by atoms with Crippen LogP contribution in [-0.4, -0.2) is 48.5 Å². The third kappa shape index (κ3) is 2.10. The number of hydrogen-bond donors (Lipinski definition) is 1. The zero-order valence-electron chi connectivity index (χ0n) is 8.98. The van der Waals surface area contributed by atoms with E-state index in [4.69, 9.17) is 4.74 Å². The molecule has 0 aromatic heterocycles. The van der Waals surface area contributed by atoms with Crippen molar-refractivity contribution in [2.24, 2.45) is 5.92 Å². The molecule has 1 saturated carbocycles. The minimum absolute atomic E-state index is 0.0639. The summed E-state index contributed by atoms with van der Waals surface area (Å²) in [6.07, 6.45) is 3.50. The van der Waals surface area contributed by atoms with Crippen molar-refractivity contribution >= 4 is 0 Å². The van der Waals surface area contributed by atoms with Gasteiger partial charge in [-0.2, -0.15) is 0 Å². The van der Waals surface area contributed by atoms with Crippen LogP contribution in [0.15, 0.2) is 0 Å². The van der Waals surface area contributed by atoms with E-state index in [2.05, 4.69) is 11.8 Å². The van der Waals surface area contributed by atoms with Gasteiger partial charge in [0.25, 0.3) is 0 Å². The fourth-order valence-corrected chi connectivity index (χ4v) is 2.31. The predicted molar refractivity (Wildman–Crippen MR) is 55.2 cm³/mol. The van der Waals surface area contributed by atoms with Gasteiger partial charge in [0.15, 0.2) is 0 Å². The summed E-state index contributed by atoms with van der Waals surface area (Å²) in [5, 5.41) is 10.1. The number of aliphatic hydroxyl groups is 1. The maximum atomic E-state index is 10.1. The van der Waals surface area contributed by atoms with Gasteiger partial charge in [-0.05, 0) is 25.3 Å². The van der Waals surface area contributed by atoms with Gasteiger partial charge in [0.1, 0.15) is 0 Å². The van der Waals surface area contributed by atoms with Gasteiger partial charge in [-0.1, -0.05) is 13.3 Å². The highest BCUT2D eigenvalue weighted by Gasteiger charge is 2.34. The van der Waals surface area contributed by atoms with E-state index in [1.54, 1.807) is 0 Å². The van der Waals surface area contributed by atoms with E-state index >= 15 is 0 Å². The lowest BCUT2D eigenvalue weighted by molar-refractivity contribution is -0.115. The first-order chi connectivity index (χ1) is 6.81. The molecule has 2 rings (SSSR count). The van der Waals surface area contributed by atoms with E-state index in [0.717, 1.165) is 26.2 Å². The molecule has 1 aliphatic heterocycles. The largest absolute Gasteiger partial charge is 0.390 e. The second-order valence-electron chi connectivity index (χ2n) is 4.48. The van der Waals surface area contributed by atoms with Crippen LogP contribution in [0.3, 0.4) is 0 Å². The van der Waals surface area contributed by atoms with Gasteiger partial charge in [0.05, 0.1) is 18.8 Å². The summed E-state index contributed by atoms with van der Waals surface area (Å²) in [5.41, 5.74) is 0. The second-order valence-corrected chi connectivity index (χ2v) is 4.48. The Morgan fingerprint density at radius 1 is 1.50 bits per heavy atom. The molecule has 1 saturated heterocycles. The Labute approximate surface area is 86.0 Å². The van der Waals surface area contributed by atoms with Crippen molar-refractivity contribution in [2.75, 3.05) is 26.2 Å². The molecule has 2 atom stereocenters. The molecule has 0 radical (unpaired) electrons. The first kappa shape index (κ1) is 10.4. The van der Waals surface area contributed by atoms with Crippen molar-refractivity contribution in [1.29, 1.82) is 0 Å². The van der Waals surface area contributed by atoms with Crippen molar-refractivity contribution in [3.8, 4) is 0 Å². The van der Waals surface area contributed by atoms with Gasteiger partial charge in [0.2, 0.25) is 0 Å². The van der Waals surface area contributed by atoms with Crippen LogP contribution in [-0.2, 0) is 4.74 Å². The molecular weight excluding hydrogens is 178 g/mol. The average molecular weight is 199 g/mol. The van der Waals surface area contributed by atoms with Crippen molar-refractivity contribution < 1.29 is 9.84 Å². The average Bonchev–Trinajstić information content (AvgIpc) is 2.15. The number of nitrogens with zero attached hydrogens (tertiary/aromatic N) is 1. The van der Waals surface area contributed by atoms with E-state index in [-0.39, 0.29) is 12.2 Å². The summed E-state index contributed by atoms with van der Waals surface area (Å²) in [4.78, 5) is 2.36. The Morgan fingerprint density at radius 2 is 2.29 bits per heavy atom. The maximum Gasteiger partial charge on any atom is 0.0963 e. The predicted octanol–water partition coefficient (Wildman–Crippen LogP) is 0.868. The highest BCUT2D eigenvalue weighted by Crippen LogP contribution is 2.32. The molecule has 3 nitrogen and oxygen atoms in total. The SMILES string of the molecule is CCN1CCOC(C(O)C2CCC2)C1. The molecule has 1 N–H and O–H groups in total. The molecular formula is C11H21NO2. The monoisotopic (exact) mass is 199 g/mol. The number of hydrogen-bond acceptors (Lipinski definition) is 3. The van der Waals surface area contributed by atoms with Gasteiger partial charge in [-0.15, -0.1) is 0 Å². The molecule has 14 heavy (non-hydrogen) atoms. The zero-order valence-corrected chi connectivity index (χ0v) is 8.98. The summed E-state index contributed by atoms with van der Waals surface area (Å²) in [7, 11) is 0. The van der Waals surface area contributed by atoms with Gasteiger partial charge in [0, 0.05) is 13.1 Å². The number of likely N-dealkylation sites (N-methyl/N-ethyl adjacent to an activating group) is 1. The van der Waals surface area contributed by atoms with Crippen molar-refractivity contribution in [2.45, 2.75) is 38.4 Å². The summed E-state index contributed by atoms with van der Waals surface area (Å²) < 4.78 is 5.64. The Balaban J connectivity index is 1.83. The van der Waals surface area contributed by atoms with Crippen molar-refractivity contribution in [3.63, 3.8) is 0 Å². The molecule has 82 valence electrons. The van der Waals surface area contributed by atoms with Crippen LogP contribution in [0.25, 0.3) is 0 Å². The van der Waals surface area contributed by atoms with E-state index in [9.17, 15) is 5.11 Å². The lowest BCUT2D eigenvalue weighted by Crippen LogP contribution is -2.50. The molecule has 0 aromatic carbocycles. The van der Waals surface area contributed by atoms with Crippen molar-refractivity contribution in [1.82, 2.24) is 4.90 Å². The van der Waals surface area contributed by atoms with E-state index in [1.807, 2.05) is 0 Å². The van der Waals surface area contributed by atoms with Crippen LogP contribution in [0.1, 0.15) is 26.2 Å². The normalized spacial score (nSPS) is 32.6. The highest BCUT2D eigenvalue weighted by atomic mass is 16.5. The summed E-state index contributed by atoms with van der Waals surface area (Å²) in [6.45, 7) is 5.94. The Morgan fingerprint density at radius 3 is 2.86 bits per heavy atom. The molecule has 1 heterocycles. The maximum absolute atomic E-state index is 10.1. The molecule has 1 aliphatic carbocycles. The van der Waals surface area contributed by atoms with Crippen LogP contribution in [0.2, 0.25) is 0 Å². The van der Waals surface area contributed by atoms with Crippen LogP contribution in [0.4, 0.5) is 0 Å². The van der Waals surface area contributed by atoms with Gasteiger partial charge in [-0.3, -0.25) is 4.90 Å². The molecule has 2 fully saturated rings. The highest BCUT2D eigenvalue weighted by molar-refractivity contribution is 4.86. The third-order valence-electron chi connectivity index (χ3n) is 3.64. The Kier molecular flexibility index (Phi) is 3.42. The number of aliphatic hydroxyl groups excluding tert-OH is 1.